The van der Waals surface area contributed by atoms with Gasteiger partial charge in [0.25, 0.3) is 0 Å². The molecule has 106 valence electrons. The number of amides is 1. The third-order valence-corrected chi connectivity index (χ3v) is 4.73. The monoisotopic (exact) mass is 287 g/mol. The molecule has 2 heterocycles. The molecule has 0 atom stereocenters. The molecular formula is C11H17N3O4S. The van der Waals surface area contributed by atoms with E-state index < -0.39 is 15.7 Å². The lowest BCUT2D eigenvalue weighted by Crippen LogP contribution is -2.39. The van der Waals surface area contributed by atoms with Gasteiger partial charge in [-0.3, -0.25) is 15.1 Å². The Balaban J connectivity index is 2.03. The molecule has 1 fully saturated rings. The van der Waals surface area contributed by atoms with Crippen LogP contribution in [-0.4, -0.2) is 43.8 Å². The van der Waals surface area contributed by atoms with E-state index >= 15 is 0 Å². The summed E-state index contributed by atoms with van der Waals surface area (Å²) in [5, 5.41) is 0. The van der Waals surface area contributed by atoms with Crippen molar-refractivity contribution in [2.24, 2.45) is 5.84 Å². The molecule has 0 bridgehead atoms. The van der Waals surface area contributed by atoms with E-state index in [4.69, 9.17) is 10.3 Å². The number of nitrogens with zero attached hydrogens (tertiary/aromatic N) is 1. The van der Waals surface area contributed by atoms with Gasteiger partial charge in [-0.15, -0.1) is 0 Å². The first-order valence-electron chi connectivity index (χ1n) is 5.94. The average molecular weight is 287 g/mol. The number of nitrogens with one attached hydrogen (secondary N) is 1. The molecule has 1 amide bonds. The molecule has 0 unspecified atom stereocenters. The Morgan fingerprint density at radius 1 is 1.47 bits per heavy atom. The molecule has 1 aromatic rings. The summed E-state index contributed by atoms with van der Waals surface area (Å²) in [6.07, 6.45) is 0. The van der Waals surface area contributed by atoms with Crippen molar-refractivity contribution in [2.45, 2.75) is 13.5 Å². The third-order valence-electron chi connectivity index (χ3n) is 3.12. The lowest BCUT2D eigenvalue weighted by atomic mass is 10.2. The molecule has 3 N–H and O–H groups in total. The second-order valence-corrected chi connectivity index (χ2v) is 6.93. The Kier molecular flexibility index (Phi) is 3.93. The quantitative estimate of drug-likeness (QED) is 0.438. The topological polar surface area (TPSA) is 106 Å². The van der Waals surface area contributed by atoms with Gasteiger partial charge in [0, 0.05) is 18.7 Å². The normalized spacial score (nSPS) is 19.3. The highest BCUT2D eigenvalue weighted by Crippen LogP contribution is 2.17. The summed E-state index contributed by atoms with van der Waals surface area (Å²) < 4.78 is 28.1. The van der Waals surface area contributed by atoms with E-state index in [1.807, 2.05) is 10.3 Å². The molecular weight excluding hydrogens is 270 g/mol. The minimum Gasteiger partial charge on any atom is -0.454 e. The summed E-state index contributed by atoms with van der Waals surface area (Å²) in [6.45, 7) is 3.23. The lowest BCUT2D eigenvalue weighted by Gasteiger charge is -2.25. The van der Waals surface area contributed by atoms with E-state index in [1.54, 1.807) is 13.0 Å². The molecule has 2 rings (SSSR count). The van der Waals surface area contributed by atoms with Crippen LogP contribution in [0.25, 0.3) is 0 Å². The number of hydrogen-bond acceptors (Lipinski definition) is 6. The predicted octanol–water partition coefficient (Wildman–Crippen LogP) is -0.578. The highest BCUT2D eigenvalue weighted by Gasteiger charge is 2.23. The Bertz CT molecular complexity index is 565. The Morgan fingerprint density at radius 3 is 2.68 bits per heavy atom. The summed E-state index contributed by atoms with van der Waals surface area (Å²) in [4.78, 5) is 13.4. The Labute approximate surface area is 111 Å². The van der Waals surface area contributed by atoms with E-state index in [0.29, 0.717) is 31.0 Å². The molecule has 1 aromatic heterocycles. The SMILES string of the molecule is Cc1cc(CN2CCS(=O)(=O)CC2)oc1C(=O)NN. The van der Waals surface area contributed by atoms with Crippen LogP contribution >= 0.6 is 0 Å². The second-order valence-electron chi connectivity index (χ2n) is 4.63. The van der Waals surface area contributed by atoms with Crippen LogP contribution in [0.5, 0.6) is 0 Å². The highest BCUT2D eigenvalue weighted by molar-refractivity contribution is 7.91. The number of carbonyl (C=O) groups excluding carboxylic acids is 1. The highest BCUT2D eigenvalue weighted by atomic mass is 32.2. The van der Waals surface area contributed by atoms with Gasteiger partial charge in [0.05, 0.1) is 18.1 Å². The Hall–Kier alpha value is -1.38. The number of nitrogens with two attached hydrogens (primary N) is 1. The molecule has 19 heavy (non-hydrogen) atoms. The van der Waals surface area contributed by atoms with Crippen LogP contribution in [0.2, 0.25) is 0 Å². The number of sulfone groups is 1. The second kappa shape index (κ2) is 5.32. The van der Waals surface area contributed by atoms with Gasteiger partial charge < -0.3 is 4.42 Å². The summed E-state index contributed by atoms with van der Waals surface area (Å²) in [7, 11) is -2.88. The van der Waals surface area contributed by atoms with Crippen molar-refractivity contribution in [3.05, 3.63) is 23.2 Å². The van der Waals surface area contributed by atoms with Crippen LogP contribution in [0.3, 0.4) is 0 Å². The number of nitrogen functional groups attached to an aromatic ring is 1. The first-order chi connectivity index (χ1) is 8.91. The summed E-state index contributed by atoms with van der Waals surface area (Å²) >= 11 is 0. The van der Waals surface area contributed by atoms with Gasteiger partial charge in [-0.05, 0) is 13.0 Å². The fraction of sp³-hybridized carbons (Fsp3) is 0.545. The molecule has 8 heteroatoms. The number of aryl methyl sites for hydroxylation is 1. The van der Waals surface area contributed by atoms with Crippen LogP contribution in [0, 0.1) is 6.92 Å². The fourth-order valence-corrected chi connectivity index (χ4v) is 3.32. The van der Waals surface area contributed by atoms with Crippen molar-refractivity contribution in [3.8, 4) is 0 Å². The number of hydrogen-bond donors (Lipinski definition) is 2. The minimum absolute atomic E-state index is 0.169. The van der Waals surface area contributed by atoms with E-state index in [9.17, 15) is 13.2 Å². The summed E-state index contributed by atoms with van der Waals surface area (Å²) in [5.41, 5.74) is 2.73. The lowest BCUT2D eigenvalue weighted by molar-refractivity contribution is 0.0921. The average Bonchev–Trinajstić information content (AvgIpc) is 2.72. The number of rotatable bonds is 3. The van der Waals surface area contributed by atoms with Crippen molar-refractivity contribution >= 4 is 15.7 Å². The van der Waals surface area contributed by atoms with Crippen LogP contribution in [0.4, 0.5) is 0 Å². The Morgan fingerprint density at radius 2 is 2.11 bits per heavy atom. The van der Waals surface area contributed by atoms with Gasteiger partial charge in [0.2, 0.25) is 0 Å². The minimum atomic E-state index is -2.88. The molecule has 0 aromatic carbocycles. The van der Waals surface area contributed by atoms with Gasteiger partial charge in [-0.25, -0.2) is 14.3 Å². The molecule has 0 saturated carbocycles. The zero-order valence-electron chi connectivity index (χ0n) is 10.7. The first kappa shape index (κ1) is 14.0. The van der Waals surface area contributed by atoms with Crippen molar-refractivity contribution in [3.63, 3.8) is 0 Å². The van der Waals surface area contributed by atoms with Gasteiger partial charge in [0.1, 0.15) is 5.76 Å². The number of furan rings is 1. The number of carbonyl (C=O) groups is 1. The first-order valence-corrected chi connectivity index (χ1v) is 7.76. The molecule has 7 nitrogen and oxygen atoms in total. The summed E-state index contributed by atoms with van der Waals surface area (Å²) in [5.74, 6) is 5.76. The molecule has 0 aliphatic carbocycles. The predicted molar refractivity (Wildman–Crippen MR) is 69.0 cm³/mol. The zero-order chi connectivity index (χ0) is 14.0. The van der Waals surface area contributed by atoms with Gasteiger partial charge >= 0.3 is 5.91 Å². The van der Waals surface area contributed by atoms with Gasteiger partial charge in [0.15, 0.2) is 15.6 Å². The maximum absolute atomic E-state index is 11.4. The van der Waals surface area contributed by atoms with Crippen molar-refractivity contribution < 1.29 is 17.6 Å². The molecule has 0 spiro atoms. The van der Waals surface area contributed by atoms with Crippen LogP contribution in [0.15, 0.2) is 10.5 Å². The summed E-state index contributed by atoms with van der Waals surface area (Å²) in [6, 6.07) is 1.77. The van der Waals surface area contributed by atoms with Gasteiger partial charge in [-0.1, -0.05) is 0 Å². The molecule has 1 saturated heterocycles. The standard InChI is InChI=1S/C11H17N3O4S/c1-8-6-9(18-10(8)11(15)13-12)7-14-2-4-19(16,17)5-3-14/h6H,2-5,7,12H2,1H3,(H,13,15). The largest absolute Gasteiger partial charge is 0.454 e. The van der Waals surface area contributed by atoms with E-state index in [-0.39, 0.29) is 17.3 Å². The molecule has 1 aliphatic rings. The maximum atomic E-state index is 11.4. The van der Waals surface area contributed by atoms with Crippen molar-refractivity contribution in [1.29, 1.82) is 0 Å². The van der Waals surface area contributed by atoms with Crippen molar-refractivity contribution in [2.75, 3.05) is 24.6 Å². The van der Waals surface area contributed by atoms with E-state index in [0.717, 1.165) is 0 Å². The number of hydrazine groups is 1. The molecule has 1 aliphatic heterocycles. The maximum Gasteiger partial charge on any atom is 0.301 e. The van der Waals surface area contributed by atoms with Crippen LogP contribution in [0.1, 0.15) is 21.9 Å². The van der Waals surface area contributed by atoms with E-state index in [2.05, 4.69) is 0 Å². The fourth-order valence-electron chi connectivity index (χ4n) is 2.05. The van der Waals surface area contributed by atoms with Crippen LogP contribution < -0.4 is 11.3 Å². The van der Waals surface area contributed by atoms with Crippen LogP contribution in [-0.2, 0) is 16.4 Å². The molecule has 0 radical (unpaired) electrons. The smallest absolute Gasteiger partial charge is 0.301 e. The van der Waals surface area contributed by atoms with Gasteiger partial charge in [-0.2, -0.15) is 0 Å². The van der Waals surface area contributed by atoms with Crippen molar-refractivity contribution in [1.82, 2.24) is 10.3 Å². The third kappa shape index (κ3) is 3.34. The zero-order valence-corrected chi connectivity index (χ0v) is 11.5. The van der Waals surface area contributed by atoms with E-state index in [1.165, 1.54) is 0 Å².